The van der Waals surface area contributed by atoms with E-state index in [2.05, 4.69) is 0 Å². The standard InChI is InChI=1S/C19H19NO6/c1-24-15-6-4-13(5-7-15)17(21)12-26-19(23)14-9-18(22)20(10-14)11-16-3-2-8-25-16/h2-8,14H,9-12H2,1H3/t14-/m0/s1. The van der Waals surface area contributed by atoms with Crippen molar-refractivity contribution >= 4 is 17.7 Å². The zero-order chi connectivity index (χ0) is 18.5. The predicted octanol–water partition coefficient (Wildman–Crippen LogP) is 2.06. The highest BCUT2D eigenvalue weighted by molar-refractivity contribution is 5.98. The summed E-state index contributed by atoms with van der Waals surface area (Å²) in [6, 6.07) is 10.1. The number of furan rings is 1. The van der Waals surface area contributed by atoms with Gasteiger partial charge in [0.25, 0.3) is 0 Å². The molecule has 0 aliphatic carbocycles. The lowest BCUT2D eigenvalue weighted by Crippen LogP contribution is -2.27. The maximum absolute atomic E-state index is 12.2. The minimum atomic E-state index is -0.568. The number of hydrogen-bond acceptors (Lipinski definition) is 6. The van der Waals surface area contributed by atoms with E-state index in [-0.39, 0.29) is 31.3 Å². The van der Waals surface area contributed by atoms with Gasteiger partial charge in [-0.15, -0.1) is 0 Å². The number of methoxy groups -OCH3 is 1. The zero-order valence-corrected chi connectivity index (χ0v) is 14.3. The number of benzene rings is 1. The molecular weight excluding hydrogens is 338 g/mol. The van der Waals surface area contributed by atoms with Crippen molar-refractivity contribution in [1.82, 2.24) is 4.90 Å². The van der Waals surface area contributed by atoms with Crippen LogP contribution in [0, 0.1) is 5.92 Å². The van der Waals surface area contributed by atoms with Gasteiger partial charge in [0, 0.05) is 18.5 Å². The Hall–Kier alpha value is -3.09. The van der Waals surface area contributed by atoms with E-state index in [9.17, 15) is 14.4 Å². The van der Waals surface area contributed by atoms with Gasteiger partial charge >= 0.3 is 5.97 Å². The molecule has 136 valence electrons. The lowest BCUT2D eigenvalue weighted by molar-refractivity contribution is -0.147. The Labute approximate surface area is 150 Å². The van der Waals surface area contributed by atoms with E-state index < -0.39 is 11.9 Å². The van der Waals surface area contributed by atoms with Crippen LogP contribution in [0.15, 0.2) is 47.1 Å². The van der Waals surface area contributed by atoms with Crippen molar-refractivity contribution in [2.24, 2.45) is 5.92 Å². The van der Waals surface area contributed by atoms with E-state index in [1.165, 1.54) is 13.4 Å². The van der Waals surface area contributed by atoms with Crippen LogP contribution < -0.4 is 4.74 Å². The van der Waals surface area contributed by atoms with Crippen molar-refractivity contribution in [2.45, 2.75) is 13.0 Å². The lowest BCUT2D eigenvalue weighted by Gasteiger charge is -2.14. The number of ether oxygens (including phenoxy) is 2. The first-order valence-electron chi connectivity index (χ1n) is 8.21. The second-order valence-electron chi connectivity index (χ2n) is 6.01. The van der Waals surface area contributed by atoms with Crippen LogP contribution >= 0.6 is 0 Å². The van der Waals surface area contributed by atoms with Gasteiger partial charge in [-0.05, 0) is 36.4 Å². The summed E-state index contributed by atoms with van der Waals surface area (Å²) in [5.41, 5.74) is 0.431. The lowest BCUT2D eigenvalue weighted by atomic mass is 10.1. The van der Waals surface area contributed by atoms with Crippen molar-refractivity contribution in [3.63, 3.8) is 0 Å². The second-order valence-corrected chi connectivity index (χ2v) is 6.01. The first-order chi connectivity index (χ1) is 12.6. The van der Waals surface area contributed by atoms with Gasteiger partial charge in [0.2, 0.25) is 5.91 Å². The van der Waals surface area contributed by atoms with Gasteiger partial charge in [0.05, 0.1) is 25.8 Å². The van der Waals surface area contributed by atoms with Crippen LogP contribution in [0.25, 0.3) is 0 Å². The molecule has 1 aromatic heterocycles. The molecule has 2 aromatic rings. The largest absolute Gasteiger partial charge is 0.497 e. The topological polar surface area (TPSA) is 86.0 Å². The monoisotopic (exact) mass is 357 g/mol. The highest BCUT2D eigenvalue weighted by atomic mass is 16.5. The summed E-state index contributed by atoms with van der Waals surface area (Å²) in [6.45, 7) is 0.226. The van der Waals surface area contributed by atoms with Crippen LogP contribution in [-0.2, 0) is 20.9 Å². The van der Waals surface area contributed by atoms with Crippen LogP contribution in [0.3, 0.4) is 0 Å². The number of nitrogens with zero attached hydrogens (tertiary/aromatic N) is 1. The van der Waals surface area contributed by atoms with Crippen LogP contribution in [-0.4, -0.2) is 42.8 Å². The molecule has 1 aliphatic rings. The number of esters is 1. The summed E-state index contributed by atoms with van der Waals surface area (Å²) < 4.78 is 15.4. The molecule has 7 nitrogen and oxygen atoms in total. The molecule has 0 radical (unpaired) electrons. The molecule has 1 atom stereocenters. The summed E-state index contributed by atoms with van der Waals surface area (Å²) in [4.78, 5) is 37.9. The number of likely N-dealkylation sites (tertiary alicyclic amines) is 1. The number of ketones is 1. The number of carbonyl (C=O) groups excluding carboxylic acids is 3. The molecule has 1 aliphatic heterocycles. The number of amides is 1. The maximum atomic E-state index is 12.2. The van der Waals surface area contributed by atoms with Crippen LogP contribution in [0.5, 0.6) is 5.75 Å². The summed E-state index contributed by atoms with van der Waals surface area (Å²) in [5.74, 6) is -0.257. The van der Waals surface area contributed by atoms with Gasteiger partial charge in [-0.25, -0.2) is 0 Å². The molecule has 0 N–H and O–H groups in total. The molecule has 0 spiro atoms. The molecule has 1 fully saturated rings. The minimum Gasteiger partial charge on any atom is -0.497 e. The molecule has 0 bridgehead atoms. The third-order valence-electron chi connectivity index (χ3n) is 4.23. The fourth-order valence-electron chi connectivity index (χ4n) is 2.79. The summed E-state index contributed by atoms with van der Waals surface area (Å²) in [6.07, 6.45) is 1.61. The minimum absolute atomic E-state index is 0.0796. The van der Waals surface area contributed by atoms with E-state index in [0.717, 1.165) is 0 Å². The van der Waals surface area contributed by atoms with Crippen LogP contribution in [0.2, 0.25) is 0 Å². The van der Waals surface area contributed by atoms with E-state index in [1.54, 1.807) is 41.3 Å². The molecule has 26 heavy (non-hydrogen) atoms. The third kappa shape index (κ3) is 4.11. The molecule has 1 aromatic carbocycles. The van der Waals surface area contributed by atoms with Crippen LogP contribution in [0.4, 0.5) is 0 Å². The Morgan fingerprint density at radius 2 is 2.00 bits per heavy atom. The first kappa shape index (κ1) is 17.7. The Morgan fingerprint density at radius 1 is 1.23 bits per heavy atom. The molecular formula is C19H19NO6. The van der Waals surface area contributed by atoms with Crippen molar-refractivity contribution < 1.29 is 28.3 Å². The van der Waals surface area contributed by atoms with Gasteiger partial charge in [0.15, 0.2) is 12.4 Å². The zero-order valence-electron chi connectivity index (χ0n) is 14.3. The van der Waals surface area contributed by atoms with Crippen molar-refractivity contribution in [3.05, 3.63) is 54.0 Å². The maximum Gasteiger partial charge on any atom is 0.311 e. The fraction of sp³-hybridized carbons (Fsp3) is 0.316. The highest BCUT2D eigenvalue weighted by Crippen LogP contribution is 2.21. The van der Waals surface area contributed by atoms with Crippen molar-refractivity contribution in [3.8, 4) is 5.75 Å². The average molecular weight is 357 g/mol. The van der Waals surface area contributed by atoms with E-state index >= 15 is 0 Å². The van der Waals surface area contributed by atoms with Crippen molar-refractivity contribution in [1.29, 1.82) is 0 Å². The number of Topliss-reactive ketones (excluding diaryl/α,β-unsaturated/α-hetero) is 1. The van der Waals surface area contributed by atoms with Crippen molar-refractivity contribution in [2.75, 3.05) is 20.3 Å². The second kappa shape index (κ2) is 7.86. The Balaban J connectivity index is 1.50. The SMILES string of the molecule is COc1ccc(C(=O)COC(=O)[C@H]2CC(=O)N(Cc3ccco3)C2)cc1. The molecule has 2 heterocycles. The van der Waals surface area contributed by atoms with Gasteiger partial charge in [0.1, 0.15) is 11.5 Å². The predicted molar refractivity (Wildman–Crippen MR) is 90.5 cm³/mol. The third-order valence-corrected chi connectivity index (χ3v) is 4.23. The van der Waals surface area contributed by atoms with E-state index in [0.29, 0.717) is 23.6 Å². The van der Waals surface area contributed by atoms with Gasteiger partial charge in [-0.2, -0.15) is 0 Å². The summed E-state index contributed by atoms with van der Waals surface area (Å²) in [5, 5.41) is 0. The average Bonchev–Trinajstić information content (AvgIpc) is 3.30. The smallest absolute Gasteiger partial charge is 0.311 e. The van der Waals surface area contributed by atoms with Gasteiger partial charge < -0.3 is 18.8 Å². The molecule has 0 unspecified atom stereocenters. The van der Waals surface area contributed by atoms with Crippen LogP contribution in [0.1, 0.15) is 22.5 Å². The molecule has 3 rings (SSSR count). The van der Waals surface area contributed by atoms with Gasteiger partial charge in [-0.1, -0.05) is 0 Å². The fourth-order valence-corrected chi connectivity index (χ4v) is 2.79. The molecule has 0 saturated carbocycles. The highest BCUT2D eigenvalue weighted by Gasteiger charge is 2.35. The summed E-state index contributed by atoms with van der Waals surface area (Å²) in [7, 11) is 1.54. The molecule has 1 amide bonds. The Morgan fingerprint density at radius 3 is 2.65 bits per heavy atom. The number of rotatable bonds is 7. The number of carbonyl (C=O) groups is 3. The quantitative estimate of drug-likeness (QED) is 0.557. The summed E-state index contributed by atoms with van der Waals surface area (Å²) >= 11 is 0. The Kier molecular flexibility index (Phi) is 5.36. The molecule has 7 heteroatoms. The number of hydrogen-bond donors (Lipinski definition) is 0. The first-order valence-corrected chi connectivity index (χ1v) is 8.21. The Bertz CT molecular complexity index is 781. The molecule has 1 saturated heterocycles. The van der Waals surface area contributed by atoms with Gasteiger partial charge in [-0.3, -0.25) is 14.4 Å². The normalized spacial score (nSPS) is 16.6. The van der Waals surface area contributed by atoms with E-state index in [4.69, 9.17) is 13.9 Å². The van der Waals surface area contributed by atoms with E-state index in [1.807, 2.05) is 0 Å².